The Hall–Kier alpha value is -1.19. The molecule has 1 saturated heterocycles. The molecule has 4 atom stereocenters. The van der Waals surface area contributed by atoms with Gasteiger partial charge in [0.15, 0.2) is 24.6 Å². The molecule has 0 N–H and O–H groups in total. The van der Waals surface area contributed by atoms with Crippen LogP contribution in [0.25, 0.3) is 0 Å². The zero-order valence-electron chi connectivity index (χ0n) is 18.2. The summed E-state index contributed by atoms with van der Waals surface area (Å²) < 4.78 is 28.2. The number of carbonyl (C=O) groups excluding carboxylic acids is 3. The van der Waals surface area contributed by atoms with Crippen LogP contribution in [0, 0.1) is 0 Å². The van der Waals surface area contributed by atoms with Gasteiger partial charge in [0, 0.05) is 31.2 Å². The summed E-state index contributed by atoms with van der Waals surface area (Å²) in [6, 6.07) is 0. The molecule has 1 aliphatic heterocycles. The minimum atomic E-state index is -1.01. The predicted octanol–water partition coefficient (Wildman–Crippen LogP) is 3.67. The topological polar surface area (TPSA) is 97.4 Å². The van der Waals surface area contributed by atoms with Crippen molar-refractivity contribution >= 4 is 33.8 Å². The lowest BCUT2D eigenvalue weighted by atomic mass is 10.0. The van der Waals surface area contributed by atoms with Gasteiger partial charge < -0.3 is 23.7 Å². The largest absolute Gasteiger partial charge is 0.456 e. The number of hydrogen-bond acceptors (Lipinski definition) is 8. The van der Waals surface area contributed by atoms with Crippen LogP contribution in [0.4, 0.5) is 0 Å². The monoisotopic (exact) mass is 494 g/mol. The first-order valence-corrected chi connectivity index (χ1v) is 12.0. The Morgan fingerprint density at radius 3 is 1.90 bits per heavy atom. The number of unbranched alkanes of at least 4 members (excludes halogenated alkanes) is 1. The number of hydrogen-bond donors (Lipinski definition) is 0. The summed E-state index contributed by atoms with van der Waals surface area (Å²) in [5, 5.41) is 0.851. The third kappa shape index (κ3) is 9.75. The van der Waals surface area contributed by atoms with Crippen molar-refractivity contribution in [1.29, 1.82) is 0 Å². The van der Waals surface area contributed by atoms with Crippen molar-refractivity contribution < 1.29 is 38.1 Å². The molecule has 0 aliphatic carbocycles. The van der Waals surface area contributed by atoms with E-state index in [0.717, 1.165) is 18.2 Å². The van der Waals surface area contributed by atoms with Gasteiger partial charge >= 0.3 is 17.9 Å². The van der Waals surface area contributed by atoms with Crippen molar-refractivity contribution in [1.82, 2.24) is 0 Å². The first-order chi connectivity index (χ1) is 14.5. The molecule has 0 aromatic carbocycles. The van der Waals surface area contributed by atoms with E-state index in [4.69, 9.17) is 23.7 Å². The van der Waals surface area contributed by atoms with Gasteiger partial charge in [0.25, 0.3) is 0 Å². The second-order valence-corrected chi connectivity index (χ2v) is 7.95. The summed E-state index contributed by atoms with van der Waals surface area (Å²) in [5.74, 6) is -1.31. The zero-order valence-corrected chi connectivity index (χ0v) is 19.8. The van der Waals surface area contributed by atoms with E-state index in [2.05, 4.69) is 15.9 Å². The van der Waals surface area contributed by atoms with Gasteiger partial charge in [-0.1, -0.05) is 36.7 Å². The van der Waals surface area contributed by atoms with E-state index in [1.807, 2.05) is 20.8 Å². The van der Waals surface area contributed by atoms with Crippen LogP contribution in [-0.2, 0) is 38.1 Å². The van der Waals surface area contributed by atoms with Gasteiger partial charge in [0.1, 0.15) is 0 Å². The van der Waals surface area contributed by atoms with Crippen molar-refractivity contribution in [3.63, 3.8) is 0 Å². The molecule has 174 valence electrons. The second-order valence-electron chi connectivity index (χ2n) is 7.16. The Balaban J connectivity index is 3.02. The van der Waals surface area contributed by atoms with Crippen molar-refractivity contribution in [3.8, 4) is 0 Å². The van der Waals surface area contributed by atoms with Crippen LogP contribution in [0.5, 0.6) is 0 Å². The zero-order chi connectivity index (χ0) is 22.4. The van der Waals surface area contributed by atoms with Gasteiger partial charge in [0.05, 0.1) is 6.61 Å². The molecule has 0 spiro atoms. The molecule has 0 saturated carbocycles. The highest BCUT2D eigenvalue weighted by Gasteiger charge is 2.48. The quantitative estimate of drug-likeness (QED) is 0.156. The molecular formula is C21H35BrO8. The number of rotatable bonds is 14. The van der Waals surface area contributed by atoms with Gasteiger partial charge in [-0.15, -0.1) is 0 Å². The Kier molecular flexibility index (Phi) is 13.9. The molecule has 1 fully saturated rings. The molecule has 9 heteroatoms. The highest BCUT2D eigenvalue weighted by Crippen LogP contribution is 2.26. The minimum Gasteiger partial charge on any atom is -0.456 e. The Morgan fingerprint density at radius 1 is 0.833 bits per heavy atom. The van der Waals surface area contributed by atoms with Crippen LogP contribution >= 0.6 is 15.9 Å². The summed E-state index contributed by atoms with van der Waals surface area (Å²) in [4.78, 5) is 36.5. The minimum absolute atomic E-state index is 0.00946. The van der Waals surface area contributed by atoms with E-state index < -0.39 is 42.5 Å². The molecule has 1 aliphatic rings. The van der Waals surface area contributed by atoms with Gasteiger partial charge in [-0.3, -0.25) is 14.4 Å². The van der Waals surface area contributed by atoms with Crippen molar-refractivity contribution in [2.24, 2.45) is 0 Å². The number of ether oxygens (including phenoxy) is 5. The molecule has 0 aromatic rings. The smallest absolute Gasteiger partial charge is 0.306 e. The number of halogens is 1. The van der Waals surface area contributed by atoms with Crippen LogP contribution in [0.3, 0.4) is 0 Å². The van der Waals surface area contributed by atoms with Crippen molar-refractivity contribution in [2.45, 2.75) is 96.7 Å². The molecule has 0 aromatic heterocycles. The first-order valence-electron chi connectivity index (χ1n) is 10.8. The Bertz CT molecular complexity index is 527. The van der Waals surface area contributed by atoms with Gasteiger partial charge in [0.2, 0.25) is 0 Å². The maximum absolute atomic E-state index is 12.2. The number of alkyl halides is 1. The first kappa shape index (κ1) is 26.8. The maximum atomic E-state index is 12.2. The van der Waals surface area contributed by atoms with Crippen LogP contribution in [0.1, 0.15) is 72.1 Å². The molecule has 0 radical (unpaired) electrons. The molecule has 0 bridgehead atoms. The van der Waals surface area contributed by atoms with E-state index in [1.54, 1.807) is 0 Å². The van der Waals surface area contributed by atoms with Crippen LogP contribution in [0.15, 0.2) is 0 Å². The molecule has 30 heavy (non-hydrogen) atoms. The molecule has 1 heterocycles. The standard InChI is InChI=1S/C21H35BrO8/c1-4-9-16(23)28-15-14-27-21(26-13-8-7-12-22)20(30-18(25)11-6-3)19(15)29-17(24)10-5-2/h15,19-21H,4-14H2,1-3H3/t15-,19+,20-,21?/m1/s1. The average Bonchev–Trinajstić information content (AvgIpc) is 2.69. The SMILES string of the molecule is CCCC(=O)O[C@H]1[C@H](OC(=O)CCC)COC(OCCCCBr)[C@@H]1OC(=O)CCC. The fourth-order valence-corrected chi connectivity index (χ4v) is 3.31. The third-order valence-corrected chi connectivity index (χ3v) is 4.93. The molecular weight excluding hydrogens is 460 g/mol. The van der Waals surface area contributed by atoms with E-state index >= 15 is 0 Å². The van der Waals surface area contributed by atoms with Crippen LogP contribution in [0.2, 0.25) is 0 Å². The molecule has 0 amide bonds. The molecule has 1 rings (SSSR count). The van der Waals surface area contributed by atoms with Crippen LogP contribution < -0.4 is 0 Å². The maximum Gasteiger partial charge on any atom is 0.306 e. The highest BCUT2D eigenvalue weighted by molar-refractivity contribution is 9.09. The van der Waals surface area contributed by atoms with Crippen molar-refractivity contribution in [2.75, 3.05) is 18.5 Å². The van der Waals surface area contributed by atoms with E-state index in [0.29, 0.717) is 25.9 Å². The van der Waals surface area contributed by atoms with Gasteiger partial charge in [-0.25, -0.2) is 0 Å². The summed E-state index contributed by atoms with van der Waals surface area (Å²) in [5.41, 5.74) is 0. The number of carbonyl (C=O) groups is 3. The normalized spacial score (nSPS) is 23.6. The Morgan fingerprint density at radius 2 is 1.37 bits per heavy atom. The number of esters is 3. The lowest BCUT2D eigenvalue weighted by Crippen LogP contribution is -2.58. The molecule has 1 unspecified atom stereocenters. The second kappa shape index (κ2) is 15.6. The molecule has 8 nitrogen and oxygen atoms in total. The lowest BCUT2D eigenvalue weighted by molar-refractivity contribution is -0.282. The Labute approximate surface area is 187 Å². The fraction of sp³-hybridized carbons (Fsp3) is 0.857. The summed E-state index contributed by atoms with van der Waals surface area (Å²) >= 11 is 3.37. The van der Waals surface area contributed by atoms with E-state index in [1.165, 1.54) is 0 Å². The highest BCUT2D eigenvalue weighted by atomic mass is 79.9. The van der Waals surface area contributed by atoms with E-state index in [9.17, 15) is 14.4 Å². The van der Waals surface area contributed by atoms with E-state index in [-0.39, 0.29) is 25.9 Å². The fourth-order valence-electron chi connectivity index (χ4n) is 2.91. The van der Waals surface area contributed by atoms with Gasteiger partial charge in [-0.05, 0) is 32.1 Å². The van der Waals surface area contributed by atoms with Gasteiger partial charge in [-0.2, -0.15) is 0 Å². The van der Waals surface area contributed by atoms with Crippen molar-refractivity contribution in [3.05, 3.63) is 0 Å². The summed E-state index contributed by atoms with van der Waals surface area (Å²) in [6.45, 7) is 5.97. The van der Waals surface area contributed by atoms with Crippen LogP contribution in [-0.4, -0.2) is 61.1 Å². The lowest BCUT2D eigenvalue weighted by Gasteiger charge is -2.40. The summed E-state index contributed by atoms with van der Waals surface area (Å²) in [7, 11) is 0. The average molecular weight is 495 g/mol. The third-order valence-electron chi connectivity index (χ3n) is 4.37. The predicted molar refractivity (Wildman–Crippen MR) is 113 cm³/mol. The summed E-state index contributed by atoms with van der Waals surface area (Å²) in [6.07, 6.45) is 0.431.